The van der Waals surface area contributed by atoms with Gasteiger partial charge in [-0.15, -0.1) is 0 Å². The molecule has 0 aromatic rings. The fourth-order valence-corrected chi connectivity index (χ4v) is 1.18. The molecule has 0 bridgehead atoms. The molecule has 0 radical (unpaired) electrons. The molecule has 0 saturated heterocycles. The van der Waals surface area contributed by atoms with Gasteiger partial charge in [-0.3, -0.25) is 0 Å². The molecule has 0 unspecified atom stereocenters. The molecule has 1 N–H and O–H groups in total. The summed E-state index contributed by atoms with van der Waals surface area (Å²) in [5, 5.41) is 7.57. The van der Waals surface area contributed by atoms with Crippen LogP contribution in [0.4, 0.5) is 0 Å². The van der Waals surface area contributed by atoms with E-state index in [1.807, 2.05) is 13.8 Å². The second-order valence-corrected chi connectivity index (χ2v) is 3.12. The van der Waals surface area contributed by atoms with Crippen LogP contribution in [-0.2, 0) is 0 Å². The van der Waals surface area contributed by atoms with E-state index in [4.69, 9.17) is 5.11 Å². The second kappa shape index (κ2) is 19.1. The largest absolute Gasteiger partial charge is 0.397 e. The lowest BCUT2D eigenvalue weighted by Crippen LogP contribution is -1.57. The monoisotopic (exact) mass is 212 g/mol. The van der Waals surface area contributed by atoms with Crippen molar-refractivity contribution in [2.75, 3.05) is 6.61 Å². The molecule has 0 atom stereocenters. The van der Waals surface area contributed by atoms with Gasteiger partial charge in [0.15, 0.2) is 0 Å². The summed E-state index contributed by atoms with van der Waals surface area (Å²) in [6, 6.07) is 0. The molecule has 0 aliphatic heterocycles. The van der Waals surface area contributed by atoms with E-state index in [-0.39, 0.29) is 6.61 Å². The van der Waals surface area contributed by atoms with E-state index in [2.05, 4.69) is 24.3 Å². The summed E-state index contributed by atoms with van der Waals surface area (Å²) in [4.78, 5) is 0. The normalized spacial score (nSPS) is 15.5. The number of rotatable bonds is 0. The first kappa shape index (κ1) is 16.9. The van der Waals surface area contributed by atoms with Crippen molar-refractivity contribution in [2.45, 2.75) is 59.3 Å². The molecule has 2 aliphatic rings. The van der Waals surface area contributed by atoms with E-state index in [0.29, 0.717) is 0 Å². The van der Waals surface area contributed by atoms with Gasteiger partial charge in [-0.05, 0) is 45.4 Å². The van der Waals surface area contributed by atoms with Gasteiger partial charge >= 0.3 is 0 Å². The lowest BCUT2D eigenvalue weighted by Gasteiger charge is -1.69. The number of aliphatic hydroxyl groups excluding tert-OH is 1. The Hall–Kier alpha value is -0.560. The van der Waals surface area contributed by atoms with Crippen molar-refractivity contribution in [3.05, 3.63) is 24.3 Å². The van der Waals surface area contributed by atoms with Crippen LogP contribution < -0.4 is 0 Å². The van der Waals surface area contributed by atoms with Gasteiger partial charge < -0.3 is 5.11 Å². The predicted octanol–water partition coefficient (Wildman–Crippen LogP) is 4.48. The third kappa shape index (κ3) is 19.7. The lowest BCUT2D eigenvalue weighted by molar-refractivity contribution is 0.318. The highest BCUT2D eigenvalue weighted by Crippen LogP contribution is 2.05. The zero-order valence-electron chi connectivity index (χ0n) is 10.7. The van der Waals surface area contributed by atoms with Crippen LogP contribution in [0.25, 0.3) is 0 Å². The highest BCUT2D eigenvalue weighted by molar-refractivity contribution is 4.88. The van der Waals surface area contributed by atoms with Crippen LogP contribution in [0, 0.1) is 0 Å². The van der Waals surface area contributed by atoms with Crippen LogP contribution >= 0.6 is 0 Å². The molecular weight excluding hydrogens is 184 g/mol. The number of allylic oxidation sites excluding steroid dienone is 4. The number of hydrogen-bond acceptors (Lipinski definition) is 1. The van der Waals surface area contributed by atoms with Gasteiger partial charge in [0, 0.05) is 6.61 Å². The molecule has 2 aliphatic carbocycles. The standard InChI is InChI=1S/2C5H8.C2H6O.C2H6/c2*1-2-4-5-3-1;1-2-3;1-2/h2*1-2H,3-5H2;3H,2H2,1H3;1-2H3. The zero-order chi connectivity index (χ0) is 11.8. The Kier molecular flexibility index (Phi) is 21.4. The predicted molar refractivity (Wildman–Crippen MR) is 70.1 cm³/mol. The molecule has 1 nitrogen and oxygen atoms in total. The first-order valence-electron chi connectivity index (χ1n) is 6.32. The van der Waals surface area contributed by atoms with Crippen molar-refractivity contribution in [3.63, 3.8) is 0 Å². The second-order valence-electron chi connectivity index (χ2n) is 3.12. The van der Waals surface area contributed by atoms with Gasteiger partial charge in [-0.25, -0.2) is 0 Å². The summed E-state index contributed by atoms with van der Waals surface area (Å²) < 4.78 is 0. The smallest absolute Gasteiger partial charge is 0.0402 e. The molecule has 0 aromatic carbocycles. The van der Waals surface area contributed by atoms with Crippen LogP contribution in [0.1, 0.15) is 59.3 Å². The van der Waals surface area contributed by atoms with Crippen molar-refractivity contribution >= 4 is 0 Å². The first-order chi connectivity index (χ1) is 7.41. The van der Waals surface area contributed by atoms with Gasteiger partial charge in [0.1, 0.15) is 0 Å². The molecule has 2 rings (SSSR count). The van der Waals surface area contributed by atoms with Crippen molar-refractivity contribution in [3.8, 4) is 0 Å². The van der Waals surface area contributed by atoms with E-state index < -0.39 is 0 Å². The molecule has 0 fully saturated rings. The Bertz CT molecular complexity index is 108. The quantitative estimate of drug-likeness (QED) is 0.587. The van der Waals surface area contributed by atoms with Crippen LogP contribution in [0.2, 0.25) is 0 Å². The summed E-state index contributed by atoms with van der Waals surface area (Å²) in [5.41, 5.74) is 0. The zero-order valence-corrected chi connectivity index (χ0v) is 10.7. The summed E-state index contributed by atoms with van der Waals surface area (Å²) in [6.45, 7) is 5.93. The van der Waals surface area contributed by atoms with Gasteiger partial charge in [0.25, 0.3) is 0 Å². The maximum atomic E-state index is 7.57. The maximum Gasteiger partial charge on any atom is 0.0402 e. The van der Waals surface area contributed by atoms with E-state index >= 15 is 0 Å². The van der Waals surface area contributed by atoms with Crippen molar-refractivity contribution in [2.24, 2.45) is 0 Å². The average Bonchev–Trinajstić information content (AvgIpc) is 3.01. The Morgan fingerprint density at radius 1 is 0.800 bits per heavy atom. The fourth-order valence-electron chi connectivity index (χ4n) is 1.18. The average molecular weight is 212 g/mol. The highest BCUT2D eigenvalue weighted by atomic mass is 16.2. The lowest BCUT2D eigenvalue weighted by atomic mass is 10.4. The van der Waals surface area contributed by atoms with E-state index in [1.165, 1.54) is 38.5 Å². The topological polar surface area (TPSA) is 20.2 Å². The van der Waals surface area contributed by atoms with Gasteiger partial charge in [0.2, 0.25) is 0 Å². The van der Waals surface area contributed by atoms with Crippen LogP contribution in [0.5, 0.6) is 0 Å². The van der Waals surface area contributed by atoms with Crippen molar-refractivity contribution in [1.82, 2.24) is 0 Å². The molecule has 0 heterocycles. The minimum atomic E-state index is 0.250. The van der Waals surface area contributed by atoms with Crippen molar-refractivity contribution < 1.29 is 5.11 Å². The molecule has 15 heavy (non-hydrogen) atoms. The minimum Gasteiger partial charge on any atom is -0.397 e. The molecule has 0 aromatic heterocycles. The van der Waals surface area contributed by atoms with E-state index in [9.17, 15) is 0 Å². The Morgan fingerprint density at radius 2 is 1.00 bits per heavy atom. The third-order valence-corrected chi connectivity index (χ3v) is 1.82. The molecule has 90 valence electrons. The summed E-state index contributed by atoms with van der Waals surface area (Å²) in [6.07, 6.45) is 17.0. The van der Waals surface area contributed by atoms with Gasteiger partial charge in [-0.2, -0.15) is 0 Å². The van der Waals surface area contributed by atoms with Crippen LogP contribution in [0.15, 0.2) is 24.3 Å². The number of hydrogen-bond donors (Lipinski definition) is 1. The van der Waals surface area contributed by atoms with Crippen LogP contribution in [0.3, 0.4) is 0 Å². The SMILES string of the molecule is C1=CCCC1.C1=CCCC1.CC.CCO. The van der Waals surface area contributed by atoms with Gasteiger partial charge in [-0.1, -0.05) is 38.2 Å². The van der Waals surface area contributed by atoms with Crippen LogP contribution in [-0.4, -0.2) is 11.7 Å². The number of aliphatic hydroxyl groups is 1. The molecular formula is C14H28O. The minimum absolute atomic E-state index is 0.250. The Morgan fingerprint density at radius 3 is 1.07 bits per heavy atom. The van der Waals surface area contributed by atoms with Gasteiger partial charge in [0.05, 0.1) is 0 Å². The summed E-state index contributed by atoms with van der Waals surface area (Å²) in [7, 11) is 0. The Balaban J connectivity index is 0. The molecule has 0 spiro atoms. The molecule has 1 heteroatoms. The fraction of sp³-hybridized carbons (Fsp3) is 0.714. The van der Waals surface area contributed by atoms with Crippen molar-refractivity contribution in [1.29, 1.82) is 0 Å². The van der Waals surface area contributed by atoms with E-state index in [1.54, 1.807) is 6.92 Å². The molecule has 0 amide bonds. The highest BCUT2D eigenvalue weighted by Gasteiger charge is 1.85. The maximum absolute atomic E-state index is 7.57. The molecule has 0 saturated carbocycles. The summed E-state index contributed by atoms with van der Waals surface area (Å²) in [5.74, 6) is 0. The Labute approximate surface area is 95.9 Å². The first-order valence-corrected chi connectivity index (χ1v) is 6.32. The van der Waals surface area contributed by atoms with E-state index in [0.717, 1.165) is 0 Å². The third-order valence-electron chi connectivity index (χ3n) is 1.82. The summed E-state index contributed by atoms with van der Waals surface area (Å²) >= 11 is 0.